The monoisotopic (exact) mass is 431 g/mol. The van der Waals surface area contributed by atoms with Crippen molar-refractivity contribution in [1.29, 1.82) is 5.26 Å². The Morgan fingerprint density at radius 3 is 1.65 bits per heavy atom. The van der Waals surface area contributed by atoms with E-state index >= 15 is 0 Å². The quantitative estimate of drug-likeness (QED) is 0.296. The van der Waals surface area contributed by atoms with E-state index in [4.69, 9.17) is 14.7 Å². The molecule has 178 valence electrons. The number of hydrogen-bond donors (Lipinski definition) is 0. The molecule has 3 aliphatic rings. The van der Waals surface area contributed by atoms with Gasteiger partial charge >= 0.3 is 0 Å². The average molecular weight is 432 g/mol. The third kappa shape index (κ3) is 9.43. The molecule has 0 aromatic carbocycles. The van der Waals surface area contributed by atoms with E-state index in [1.807, 2.05) is 0 Å². The first-order valence-corrected chi connectivity index (χ1v) is 13.9. The molecule has 0 N–H and O–H groups in total. The SMILES string of the molecule is CCCCCCC[C@H]1CC[C@H](COC2CCC(CO[C@H]3CC[C@H](C#N)CC3)CC2)CC1. The van der Waals surface area contributed by atoms with Crippen molar-refractivity contribution in [2.24, 2.45) is 23.7 Å². The molecule has 0 spiro atoms. The van der Waals surface area contributed by atoms with Gasteiger partial charge in [-0.05, 0) is 82.0 Å². The first kappa shape index (κ1) is 25.0. The molecule has 3 fully saturated rings. The zero-order chi connectivity index (χ0) is 21.7. The molecule has 0 aromatic heterocycles. The van der Waals surface area contributed by atoms with E-state index in [1.54, 1.807) is 0 Å². The summed E-state index contributed by atoms with van der Waals surface area (Å²) in [6, 6.07) is 2.42. The first-order valence-electron chi connectivity index (χ1n) is 13.9. The van der Waals surface area contributed by atoms with Gasteiger partial charge in [0.15, 0.2) is 0 Å². The summed E-state index contributed by atoms with van der Waals surface area (Å²) >= 11 is 0. The molecule has 0 amide bonds. The fraction of sp³-hybridized carbons (Fsp3) is 0.964. The van der Waals surface area contributed by atoms with Gasteiger partial charge in [-0.25, -0.2) is 0 Å². The van der Waals surface area contributed by atoms with Crippen LogP contribution in [0.3, 0.4) is 0 Å². The minimum atomic E-state index is 0.276. The van der Waals surface area contributed by atoms with Crippen molar-refractivity contribution in [2.75, 3.05) is 13.2 Å². The van der Waals surface area contributed by atoms with Crippen molar-refractivity contribution in [3.05, 3.63) is 0 Å². The molecule has 0 aromatic rings. The van der Waals surface area contributed by atoms with E-state index in [1.165, 1.54) is 89.9 Å². The minimum absolute atomic E-state index is 0.276. The van der Waals surface area contributed by atoms with Crippen molar-refractivity contribution >= 4 is 0 Å². The standard InChI is InChI=1S/C28H49NO2/c1-2-3-4-5-6-7-23-8-10-25(11-9-23)21-30-28-18-14-26(15-19-28)22-31-27-16-12-24(20-29)13-17-27/h23-28H,2-19,21-22H2,1H3/t23-,24-,25-,26?,27-,28?. The molecule has 0 saturated heterocycles. The van der Waals surface area contributed by atoms with E-state index < -0.39 is 0 Å². The Morgan fingerprint density at radius 2 is 1.10 bits per heavy atom. The molecular weight excluding hydrogens is 382 g/mol. The highest BCUT2D eigenvalue weighted by atomic mass is 16.5. The Morgan fingerprint density at radius 1 is 0.613 bits per heavy atom. The molecule has 31 heavy (non-hydrogen) atoms. The second-order valence-electron chi connectivity index (χ2n) is 11.0. The fourth-order valence-electron chi connectivity index (χ4n) is 6.09. The minimum Gasteiger partial charge on any atom is -0.378 e. The lowest BCUT2D eigenvalue weighted by atomic mass is 9.80. The summed E-state index contributed by atoms with van der Waals surface area (Å²) < 4.78 is 12.6. The molecule has 3 nitrogen and oxygen atoms in total. The molecular formula is C28H49NO2. The maximum Gasteiger partial charge on any atom is 0.0655 e. The highest BCUT2D eigenvalue weighted by Crippen LogP contribution is 2.34. The smallest absolute Gasteiger partial charge is 0.0655 e. The van der Waals surface area contributed by atoms with Crippen molar-refractivity contribution in [3.63, 3.8) is 0 Å². The van der Waals surface area contributed by atoms with Gasteiger partial charge < -0.3 is 9.47 Å². The third-order valence-corrected chi connectivity index (χ3v) is 8.47. The molecule has 0 bridgehead atoms. The van der Waals surface area contributed by atoms with Crippen LogP contribution in [-0.2, 0) is 9.47 Å². The van der Waals surface area contributed by atoms with Gasteiger partial charge in [0, 0.05) is 19.1 Å². The van der Waals surface area contributed by atoms with Crippen molar-refractivity contribution in [1.82, 2.24) is 0 Å². The highest BCUT2D eigenvalue weighted by molar-refractivity contribution is 4.87. The first-order chi connectivity index (χ1) is 15.3. The van der Waals surface area contributed by atoms with Crippen LogP contribution in [-0.4, -0.2) is 25.4 Å². The van der Waals surface area contributed by atoms with Crippen LogP contribution >= 0.6 is 0 Å². The largest absolute Gasteiger partial charge is 0.378 e. The molecule has 0 unspecified atom stereocenters. The lowest BCUT2D eigenvalue weighted by Crippen LogP contribution is -2.29. The lowest BCUT2D eigenvalue weighted by Gasteiger charge is -2.33. The van der Waals surface area contributed by atoms with Gasteiger partial charge in [-0.15, -0.1) is 0 Å². The summed E-state index contributed by atoms with van der Waals surface area (Å²) in [4.78, 5) is 0. The highest BCUT2D eigenvalue weighted by Gasteiger charge is 2.27. The molecule has 3 heteroatoms. The predicted octanol–water partition coefficient (Wildman–Crippen LogP) is 7.83. The average Bonchev–Trinajstić information content (AvgIpc) is 2.83. The molecule has 3 aliphatic carbocycles. The normalized spacial score (nSPS) is 34.3. The second kappa shape index (κ2) is 14.5. The summed E-state index contributed by atoms with van der Waals surface area (Å²) in [5.41, 5.74) is 0. The predicted molar refractivity (Wildman–Crippen MR) is 128 cm³/mol. The van der Waals surface area contributed by atoms with Crippen LogP contribution in [0.5, 0.6) is 0 Å². The number of nitrogens with zero attached hydrogens (tertiary/aromatic N) is 1. The van der Waals surface area contributed by atoms with E-state index in [9.17, 15) is 0 Å². The number of hydrogen-bond acceptors (Lipinski definition) is 3. The summed E-state index contributed by atoms with van der Waals surface area (Å²) in [6.07, 6.45) is 24.4. The van der Waals surface area contributed by atoms with E-state index in [0.29, 0.717) is 12.2 Å². The van der Waals surface area contributed by atoms with Gasteiger partial charge in [0.2, 0.25) is 0 Å². The third-order valence-electron chi connectivity index (χ3n) is 8.47. The molecule has 0 atom stereocenters. The van der Waals surface area contributed by atoms with Crippen LogP contribution in [0.25, 0.3) is 0 Å². The maximum absolute atomic E-state index is 9.03. The molecule has 0 heterocycles. The molecule has 0 radical (unpaired) electrons. The Kier molecular flexibility index (Phi) is 11.7. The van der Waals surface area contributed by atoms with Crippen LogP contribution in [0.1, 0.15) is 122 Å². The maximum atomic E-state index is 9.03. The van der Waals surface area contributed by atoms with Gasteiger partial charge in [0.25, 0.3) is 0 Å². The summed E-state index contributed by atoms with van der Waals surface area (Å²) in [6.45, 7) is 4.24. The van der Waals surface area contributed by atoms with Crippen LogP contribution in [0.4, 0.5) is 0 Å². The Hall–Kier alpha value is -0.590. The van der Waals surface area contributed by atoms with Crippen LogP contribution in [0, 0.1) is 35.0 Å². The van der Waals surface area contributed by atoms with Gasteiger partial charge in [-0.1, -0.05) is 58.3 Å². The van der Waals surface area contributed by atoms with Crippen molar-refractivity contribution in [3.8, 4) is 6.07 Å². The summed E-state index contributed by atoms with van der Waals surface area (Å²) in [5, 5.41) is 9.03. The zero-order valence-electron chi connectivity index (χ0n) is 20.4. The van der Waals surface area contributed by atoms with E-state index in [2.05, 4.69) is 13.0 Å². The van der Waals surface area contributed by atoms with Crippen LogP contribution in [0.2, 0.25) is 0 Å². The number of rotatable bonds is 12. The summed E-state index contributed by atoms with van der Waals surface area (Å²) in [7, 11) is 0. The van der Waals surface area contributed by atoms with Gasteiger partial charge in [0.1, 0.15) is 0 Å². The lowest BCUT2D eigenvalue weighted by molar-refractivity contribution is -0.0358. The topological polar surface area (TPSA) is 42.2 Å². The molecule has 3 saturated carbocycles. The van der Waals surface area contributed by atoms with Gasteiger partial charge in [-0.3, -0.25) is 0 Å². The molecule has 0 aliphatic heterocycles. The Bertz CT molecular complexity index is 492. The van der Waals surface area contributed by atoms with Gasteiger partial charge in [-0.2, -0.15) is 5.26 Å². The molecule has 3 rings (SSSR count). The zero-order valence-corrected chi connectivity index (χ0v) is 20.4. The van der Waals surface area contributed by atoms with Crippen molar-refractivity contribution < 1.29 is 9.47 Å². The fourth-order valence-corrected chi connectivity index (χ4v) is 6.09. The van der Waals surface area contributed by atoms with Gasteiger partial charge in [0.05, 0.1) is 18.3 Å². The van der Waals surface area contributed by atoms with E-state index in [0.717, 1.165) is 56.7 Å². The summed E-state index contributed by atoms with van der Waals surface area (Å²) in [5.74, 6) is 2.82. The van der Waals surface area contributed by atoms with Crippen LogP contribution < -0.4 is 0 Å². The Labute approximate surface area is 192 Å². The van der Waals surface area contributed by atoms with E-state index in [-0.39, 0.29) is 5.92 Å². The number of unbranched alkanes of at least 4 members (excludes halogenated alkanes) is 4. The number of ether oxygens (including phenoxy) is 2. The van der Waals surface area contributed by atoms with Crippen molar-refractivity contribution in [2.45, 2.75) is 135 Å². The van der Waals surface area contributed by atoms with Crippen LogP contribution in [0.15, 0.2) is 0 Å². The Balaban J connectivity index is 1.18. The number of nitriles is 1. The second-order valence-corrected chi connectivity index (χ2v) is 11.0.